The molecule has 1 rings (SSSR count). The summed E-state index contributed by atoms with van der Waals surface area (Å²) in [6, 6.07) is -0.291. The van der Waals surface area contributed by atoms with Gasteiger partial charge in [-0.3, -0.25) is 9.48 Å². The number of carbonyl (C=O) groups excluding carboxylic acids is 1. The number of nitrogens with zero attached hydrogens (tertiary/aromatic N) is 2. The zero-order valence-electron chi connectivity index (χ0n) is 9.21. The summed E-state index contributed by atoms with van der Waals surface area (Å²) in [5, 5.41) is 12.5. The summed E-state index contributed by atoms with van der Waals surface area (Å²) in [6.45, 7) is 3.74. The molecule has 0 aliphatic carbocycles. The lowest BCUT2D eigenvalue weighted by molar-refractivity contribution is -0.137. The Labute approximate surface area is 92.8 Å². The second-order valence-electron chi connectivity index (χ2n) is 3.38. The van der Waals surface area contributed by atoms with Crippen LogP contribution in [0, 0.1) is 0 Å². The van der Waals surface area contributed by atoms with E-state index < -0.39 is 11.9 Å². The molecule has 6 nitrogen and oxygen atoms in total. The summed E-state index contributed by atoms with van der Waals surface area (Å²) < 4.78 is 6.24. The van der Waals surface area contributed by atoms with E-state index in [4.69, 9.17) is 9.84 Å². The van der Waals surface area contributed by atoms with Crippen molar-refractivity contribution in [2.24, 2.45) is 0 Å². The van der Waals surface area contributed by atoms with Crippen molar-refractivity contribution in [2.75, 3.05) is 6.61 Å². The van der Waals surface area contributed by atoms with Gasteiger partial charge in [-0.25, -0.2) is 4.79 Å². The Morgan fingerprint density at radius 2 is 2.31 bits per heavy atom. The van der Waals surface area contributed by atoms with Gasteiger partial charge in [0, 0.05) is 6.20 Å². The van der Waals surface area contributed by atoms with Crippen LogP contribution in [0.25, 0.3) is 0 Å². The molecule has 1 aromatic rings. The number of ether oxygens (including phenoxy) is 1. The van der Waals surface area contributed by atoms with Crippen molar-refractivity contribution in [3.05, 3.63) is 18.0 Å². The van der Waals surface area contributed by atoms with Gasteiger partial charge in [0.15, 0.2) is 0 Å². The lowest BCUT2D eigenvalue weighted by Crippen LogP contribution is -2.11. The number of aromatic nitrogens is 2. The highest BCUT2D eigenvalue weighted by Crippen LogP contribution is 2.11. The second kappa shape index (κ2) is 5.29. The fourth-order valence-electron chi connectivity index (χ4n) is 1.25. The molecule has 6 heteroatoms. The molecule has 1 atom stereocenters. The maximum Gasteiger partial charge on any atom is 0.341 e. The largest absolute Gasteiger partial charge is 0.481 e. The Morgan fingerprint density at radius 3 is 2.88 bits per heavy atom. The van der Waals surface area contributed by atoms with Crippen molar-refractivity contribution >= 4 is 11.9 Å². The molecule has 0 unspecified atom stereocenters. The Hall–Kier alpha value is -1.85. The van der Waals surface area contributed by atoms with Gasteiger partial charge in [-0.1, -0.05) is 0 Å². The highest BCUT2D eigenvalue weighted by molar-refractivity contribution is 5.88. The van der Waals surface area contributed by atoms with Crippen molar-refractivity contribution in [2.45, 2.75) is 26.3 Å². The Bertz CT molecular complexity index is 386. The first-order valence-electron chi connectivity index (χ1n) is 4.97. The fourth-order valence-corrected chi connectivity index (χ4v) is 1.25. The van der Waals surface area contributed by atoms with Gasteiger partial charge in [0.05, 0.1) is 30.8 Å². The zero-order chi connectivity index (χ0) is 12.1. The van der Waals surface area contributed by atoms with Gasteiger partial charge in [0.2, 0.25) is 0 Å². The van der Waals surface area contributed by atoms with E-state index in [1.807, 2.05) is 0 Å². The van der Waals surface area contributed by atoms with Gasteiger partial charge in [-0.05, 0) is 13.8 Å². The predicted octanol–water partition coefficient (Wildman–Crippen LogP) is 1.10. The number of esters is 1. The molecule has 0 fully saturated rings. The normalized spacial score (nSPS) is 12.1. The van der Waals surface area contributed by atoms with Crippen LogP contribution in [0.5, 0.6) is 0 Å². The van der Waals surface area contributed by atoms with Crippen LogP contribution >= 0.6 is 0 Å². The maximum absolute atomic E-state index is 11.3. The summed E-state index contributed by atoms with van der Waals surface area (Å²) in [5.41, 5.74) is 0.332. The Kier molecular flexibility index (Phi) is 4.04. The second-order valence-corrected chi connectivity index (χ2v) is 3.38. The number of hydrogen-bond acceptors (Lipinski definition) is 4. The van der Waals surface area contributed by atoms with E-state index in [0.717, 1.165) is 0 Å². The molecule has 16 heavy (non-hydrogen) atoms. The number of hydrogen-bond donors (Lipinski definition) is 1. The number of carboxylic acid groups (broad SMARTS) is 1. The van der Waals surface area contributed by atoms with Gasteiger partial charge in [0.1, 0.15) is 0 Å². The van der Waals surface area contributed by atoms with Gasteiger partial charge in [-0.15, -0.1) is 0 Å². The van der Waals surface area contributed by atoms with Crippen molar-refractivity contribution < 1.29 is 19.4 Å². The molecular formula is C10H14N2O4. The van der Waals surface area contributed by atoms with E-state index in [9.17, 15) is 9.59 Å². The van der Waals surface area contributed by atoms with Gasteiger partial charge in [-0.2, -0.15) is 5.10 Å². The first kappa shape index (κ1) is 12.2. The minimum atomic E-state index is -0.902. The predicted molar refractivity (Wildman–Crippen MR) is 55.1 cm³/mol. The minimum Gasteiger partial charge on any atom is -0.481 e. The summed E-state index contributed by atoms with van der Waals surface area (Å²) in [6.07, 6.45) is 2.83. The topological polar surface area (TPSA) is 81.4 Å². The zero-order valence-corrected chi connectivity index (χ0v) is 9.21. The maximum atomic E-state index is 11.3. The molecule has 0 radical (unpaired) electrons. The molecule has 1 aromatic heterocycles. The van der Waals surface area contributed by atoms with E-state index in [1.54, 1.807) is 13.8 Å². The van der Waals surface area contributed by atoms with E-state index >= 15 is 0 Å². The molecule has 0 amide bonds. The Balaban J connectivity index is 2.70. The van der Waals surface area contributed by atoms with Gasteiger partial charge in [0.25, 0.3) is 0 Å². The van der Waals surface area contributed by atoms with Crippen molar-refractivity contribution in [1.82, 2.24) is 9.78 Å². The van der Waals surface area contributed by atoms with Crippen LogP contribution in [0.4, 0.5) is 0 Å². The van der Waals surface area contributed by atoms with Crippen molar-refractivity contribution in [3.63, 3.8) is 0 Å². The minimum absolute atomic E-state index is 0.0378. The molecule has 0 saturated heterocycles. The third-order valence-electron chi connectivity index (χ3n) is 2.03. The highest BCUT2D eigenvalue weighted by Gasteiger charge is 2.14. The number of carboxylic acids is 1. The van der Waals surface area contributed by atoms with Crippen LogP contribution in [0.15, 0.2) is 12.4 Å². The van der Waals surface area contributed by atoms with Crippen LogP contribution < -0.4 is 0 Å². The highest BCUT2D eigenvalue weighted by atomic mass is 16.5. The number of aliphatic carboxylic acids is 1. The lowest BCUT2D eigenvalue weighted by Gasteiger charge is -2.08. The molecular weight excluding hydrogens is 212 g/mol. The number of rotatable bonds is 5. The third-order valence-corrected chi connectivity index (χ3v) is 2.03. The SMILES string of the molecule is CCOC(=O)c1cnn([C@@H](C)CC(=O)O)c1. The fraction of sp³-hybridized carbons (Fsp3) is 0.500. The van der Waals surface area contributed by atoms with Crippen LogP contribution in [-0.4, -0.2) is 33.4 Å². The van der Waals surface area contributed by atoms with Crippen molar-refractivity contribution in [3.8, 4) is 0 Å². The average molecular weight is 226 g/mol. The van der Waals surface area contributed by atoms with E-state index in [0.29, 0.717) is 12.2 Å². The molecule has 1 N–H and O–H groups in total. The van der Waals surface area contributed by atoms with E-state index in [2.05, 4.69) is 5.10 Å². The van der Waals surface area contributed by atoms with E-state index in [1.165, 1.54) is 17.1 Å². The standard InChI is InChI=1S/C10H14N2O4/c1-3-16-10(15)8-5-11-12(6-8)7(2)4-9(13)14/h5-7H,3-4H2,1-2H3,(H,13,14)/t7-/m0/s1. The van der Waals surface area contributed by atoms with Crippen molar-refractivity contribution in [1.29, 1.82) is 0 Å². The van der Waals surface area contributed by atoms with Gasteiger partial charge >= 0.3 is 11.9 Å². The third kappa shape index (κ3) is 3.08. The molecule has 0 aliphatic heterocycles. The van der Waals surface area contributed by atoms with Gasteiger partial charge < -0.3 is 9.84 Å². The molecule has 0 aliphatic rings. The quantitative estimate of drug-likeness (QED) is 0.760. The van der Waals surface area contributed by atoms with Crippen LogP contribution in [-0.2, 0) is 9.53 Å². The lowest BCUT2D eigenvalue weighted by atomic mass is 10.2. The number of carbonyl (C=O) groups is 2. The first-order valence-corrected chi connectivity index (χ1v) is 4.97. The summed E-state index contributed by atoms with van der Waals surface area (Å²) in [5.74, 6) is -1.35. The smallest absolute Gasteiger partial charge is 0.341 e. The summed E-state index contributed by atoms with van der Waals surface area (Å²) in [7, 11) is 0. The van der Waals surface area contributed by atoms with Crippen LogP contribution in [0.2, 0.25) is 0 Å². The van der Waals surface area contributed by atoms with Crippen LogP contribution in [0.1, 0.15) is 36.7 Å². The summed E-state index contributed by atoms with van der Waals surface area (Å²) >= 11 is 0. The molecule has 1 heterocycles. The molecule has 0 saturated carbocycles. The molecule has 0 bridgehead atoms. The van der Waals surface area contributed by atoms with Crippen LogP contribution in [0.3, 0.4) is 0 Å². The Morgan fingerprint density at radius 1 is 1.62 bits per heavy atom. The van der Waals surface area contributed by atoms with E-state index in [-0.39, 0.29) is 12.5 Å². The average Bonchev–Trinajstić information content (AvgIpc) is 2.65. The molecule has 0 spiro atoms. The summed E-state index contributed by atoms with van der Waals surface area (Å²) in [4.78, 5) is 21.8. The first-order chi connectivity index (χ1) is 7.54. The monoisotopic (exact) mass is 226 g/mol. The molecule has 88 valence electrons. The molecule has 0 aromatic carbocycles.